The third-order valence-electron chi connectivity index (χ3n) is 3.05. The van der Waals surface area contributed by atoms with Crippen LogP contribution in [0.15, 0.2) is 48.5 Å². The summed E-state index contributed by atoms with van der Waals surface area (Å²) < 4.78 is 32.5. The number of pyridine rings is 1. The first-order chi connectivity index (χ1) is 10.2. The molecule has 5 heteroatoms. The average Bonchev–Trinajstić information content (AvgIpc) is 2.50. The Bertz CT molecular complexity index is 805. The number of rotatable bonds is 3. The van der Waals surface area contributed by atoms with Crippen LogP contribution in [0.5, 0.6) is 11.5 Å². The zero-order valence-electron chi connectivity index (χ0n) is 11.0. The molecule has 0 unspecified atom stereocenters. The third kappa shape index (κ3) is 2.68. The average molecular weight is 286 g/mol. The van der Waals surface area contributed by atoms with Crippen molar-refractivity contribution in [3.8, 4) is 11.5 Å². The van der Waals surface area contributed by atoms with E-state index in [4.69, 9.17) is 10.5 Å². The van der Waals surface area contributed by atoms with E-state index < -0.39 is 11.6 Å². The van der Waals surface area contributed by atoms with Gasteiger partial charge in [-0.25, -0.2) is 8.78 Å². The first kappa shape index (κ1) is 13.5. The second-order valence-corrected chi connectivity index (χ2v) is 4.51. The van der Waals surface area contributed by atoms with Gasteiger partial charge in [-0.2, -0.15) is 0 Å². The van der Waals surface area contributed by atoms with Crippen LogP contribution in [0.25, 0.3) is 10.9 Å². The zero-order chi connectivity index (χ0) is 14.8. The number of fused-ring (bicyclic) bond motifs is 1. The largest absolute Gasteiger partial charge is 0.453 e. The van der Waals surface area contributed by atoms with E-state index >= 15 is 0 Å². The Balaban J connectivity index is 2.13. The Kier molecular flexibility index (Phi) is 3.50. The van der Waals surface area contributed by atoms with E-state index in [1.54, 1.807) is 12.1 Å². The van der Waals surface area contributed by atoms with Gasteiger partial charge in [-0.3, -0.25) is 4.98 Å². The van der Waals surface area contributed by atoms with Crippen LogP contribution in [0.3, 0.4) is 0 Å². The van der Waals surface area contributed by atoms with Crippen molar-refractivity contribution < 1.29 is 13.5 Å². The molecule has 0 fully saturated rings. The van der Waals surface area contributed by atoms with Crippen molar-refractivity contribution in [2.75, 3.05) is 0 Å². The lowest BCUT2D eigenvalue weighted by Crippen LogP contribution is -2.01. The molecule has 0 aliphatic rings. The van der Waals surface area contributed by atoms with Crippen molar-refractivity contribution in [3.05, 3.63) is 65.9 Å². The third-order valence-corrected chi connectivity index (χ3v) is 3.05. The smallest absolute Gasteiger partial charge is 0.166 e. The summed E-state index contributed by atoms with van der Waals surface area (Å²) in [7, 11) is 0. The van der Waals surface area contributed by atoms with Crippen molar-refractivity contribution in [2.45, 2.75) is 6.54 Å². The molecule has 3 nitrogen and oxygen atoms in total. The van der Waals surface area contributed by atoms with Crippen molar-refractivity contribution in [1.82, 2.24) is 4.98 Å². The van der Waals surface area contributed by atoms with Crippen molar-refractivity contribution >= 4 is 10.9 Å². The zero-order valence-corrected chi connectivity index (χ0v) is 11.0. The highest BCUT2D eigenvalue weighted by molar-refractivity contribution is 5.85. The van der Waals surface area contributed by atoms with E-state index in [0.717, 1.165) is 18.2 Å². The first-order valence-corrected chi connectivity index (χ1v) is 6.39. The lowest BCUT2D eigenvalue weighted by molar-refractivity contribution is 0.439. The fourth-order valence-electron chi connectivity index (χ4n) is 2.06. The minimum absolute atomic E-state index is 0.172. The van der Waals surface area contributed by atoms with E-state index in [9.17, 15) is 8.78 Å². The predicted molar refractivity (Wildman–Crippen MR) is 76.1 cm³/mol. The van der Waals surface area contributed by atoms with Gasteiger partial charge in [0.1, 0.15) is 11.6 Å². The molecule has 1 heterocycles. The molecular weight excluding hydrogens is 274 g/mol. The van der Waals surface area contributed by atoms with E-state index in [1.165, 1.54) is 0 Å². The maximum absolute atomic E-state index is 13.7. The minimum atomic E-state index is -0.633. The van der Waals surface area contributed by atoms with Gasteiger partial charge in [-0.1, -0.05) is 12.1 Å². The molecule has 1 aromatic heterocycles. The highest BCUT2D eigenvalue weighted by Gasteiger charge is 2.11. The van der Waals surface area contributed by atoms with Crippen LogP contribution >= 0.6 is 0 Å². The van der Waals surface area contributed by atoms with Crippen molar-refractivity contribution in [2.24, 2.45) is 5.73 Å². The molecule has 2 aromatic carbocycles. The van der Waals surface area contributed by atoms with Gasteiger partial charge >= 0.3 is 0 Å². The summed E-state index contributed by atoms with van der Waals surface area (Å²) in [5, 5.41) is 0.707. The summed E-state index contributed by atoms with van der Waals surface area (Å²) in [5.41, 5.74) is 6.90. The van der Waals surface area contributed by atoms with Gasteiger partial charge in [0.15, 0.2) is 11.6 Å². The van der Waals surface area contributed by atoms with E-state index in [2.05, 4.69) is 4.98 Å². The molecule has 21 heavy (non-hydrogen) atoms. The summed E-state index contributed by atoms with van der Waals surface area (Å²) in [4.78, 5) is 4.36. The van der Waals surface area contributed by atoms with Gasteiger partial charge in [-0.15, -0.1) is 0 Å². The van der Waals surface area contributed by atoms with Gasteiger partial charge < -0.3 is 10.5 Å². The Hall–Kier alpha value is -2.53. The van der Waals surface area contributed by atoms with Crippen LogP contribution in [0.4, 0.5) is 8.78 Å². The number of halogens is 2. The van der Waals surface area contributed by atoms with E-state index in [-0.39, 0.29) is 12.3 Å². The number of para-hydroxylation sites is 1. The SMILES string of the molecule is NCc1cc(Oc2cc(F)ccc2F)c2ccccc2n1. The summed E-state index contributed by atoms with van der Waals surface area (Å²) in [6.07, 6.45) is 0. The van der Waals surface area contributed by atoms with Gasteiger partial charge in [0.05, 0.1) is 11.2 Å². The molecule has 0 amide bonds. The molecule has 0 aliphatic heterocycles. The maximum Gasteiger partial charge on any atom is 0.166 e. The summed E-state index contributed by atoms with van der Waals surface area (Å²) >= 11 is 0. The molecule has 106 valence electrons. The van der Waals surface area contributed by atoms with E-state index in [0.29, 0.717) is 22.3 Å². The van der Waals surface area contributed by atoms with Gasteiger partial charge in [0, 0.05) is 24.1 Å². The molecule has 0 bridgehead atoms. The number of ether oxygens (including phenoxy) is 1. The highest BCUT2D eigenvalue weighted by Crippen LogP contribution is 2.31. The molecule has 0 spiro atoms. The van der Waals surface area contributed by atoms with Crippen LogP contribution in [0, 0.1) is 11.6 Å². The number of hydrogen-bond acceptors (Lipinski definition) is 3. The molecule has 0 saturated heterocycles. The number of hydrogen-bond donors (Lipinski definition) is 1. The highest BCUT2D eigenvalue weighted by atomic mass is 19.1. The number of benzene rings is 2. The molecule has 0 saturated carbocycles. The minimum Gasteiger partial charge on any atom is -0.453 e. The van der Waals surface area contributed by atoms with Crippen molar-refractivity contribution in [1.29, 1.82) is 0 Å². The monoisotopic (exact) mass is 286 g/mol. The molecule has 3 aromatic rings. The van der Waals surface area contributed by atoms with Crippen LogP contribution in [0.2, 0.25) is 0 Å². The summed E-state index contributed by atoms with van der Waals surface area (Å²) in [6.45, 7) is 0.229. The first-order valence-electron chi connectivity index (χ1n) is 6.39. The number of nitrogens with two attached hydrogens (primary N) is 1. The number of nitrogens with zero attached hydrogens (tertiary/aromatic N) is 1. The Morgan fingerprint density at radius 2 is 1.81 bits per heavy atom. The van der Waals surface area contributed by atoms with Crippen LogP contribution in [-0.4, -0.2) is 4.98 Å². The van der Waals surface area contributed by atoms with Crippen LogP contribution in [-0.2, 0) is 6.54 Å². The van der Waals surface area contributed by atoms with Gasteiger partial charge in [0.2, 0.25) is 0 Å². The fraction of sp³-hybridized carbons (Fsp3) is 0.0625. The Morgan fingerprint density at radius 3 is 2.62 bits per heavy atom. The summed E-state index contributed by atoms with van der Waals surface area (Å²) in [5.74, 6) is -0.977. The lowest BCUT2D eigenvalue weighted by Gasteiger charge is -2.11. The lowest BCUT2D eigenvalue weighted by atomic mass is 10.2. The van der Waals surface area contributed by atoms with E-state index in [1.807, 2.05) is 18.2 Å². The van der Waals surface area contributed by atoms with Crippen molar-refractivity contribution in [3.63, 3.8) is 0 Å². The van der Waals surface area contributed by atoms with Gasteiger partial charge in [0.25, 0.3) is 0 Å². The van der Waals surface area contributed by atoms with Crippen LogP contribution < -0.4 is 10.5 Å². The maximum atomic E-state index is 13.7. The predicted octanol–water partition coefficient (Wildman–Crippen LogP) is 3.76. The normalized spacial score (nSPS) is 10.8. The Morgan fingerprint density at radius 1 is 1.00 bits per heavy atom. The quantitative estimate of drug-likeness (QED) is 0.797. The molecular formula is C16H12F2N2O. The molecule has 0 aliphatic carbocycles. The molecule has 0 atom stereocenters. The molecule has 0 radical (unpaired) electrons. The molecule has 2 N–H and O–H groups in total. The van der Waals surface area contributed by atoms with Crippen LogP contribution in [0.1, 0.15) is 5.69 Å². The second kappa shape index (κ2) is 5.46. The standard InChI is InChI=1S/C16H12F2N2O/c17-10-5-6-13(18)16(7-10)21-15-8-11(9-19)20-14-4-2-1-3-12(14)15/h1-8H,9,19H2. The topological polar surface area (TPSA) is 48.1 Å². The second-order valence-electron chi connectivity index (χ2n) is 4.51. The Labute approximate surface area is 120 Å². The fourth-order valence-corrected chi connectivity index (χ4v) is 2.06. The summed E-state index contributed by atoms with van der Waals surface area (Å²) in [6, 6.07) is 12.0. The van der Waals surface area contributed by atoms with Gasteiger partial charge in [-0.05, 0) is 24.3 Å². The number of aromatic nitrogens is 1. The molecule has 3 rings (SSSR count).